The van der Waals surface area contributed by atoms with Gasteiger partial charge in [-0.15, -0.1) is 0 Å². The van der Waals surface area contributed by atoms with Gasteiger partial charge in [-0.3, -0.25) is 0 Å². The Morgan fingerprint density at radius 1 is 1.28 bits per heavy atom. The van der Waals surface area contributed by atoms with Crippen molar-refractivity contribution in [1.82, 2.24) is 9.97 Å². The third-order valence-corrected chi connectivity index (χ3v) is 6.40. The van der Waals surface area contributed by atoms with Gasteiger partial charge in [0, 0.05) is 11.6 Å². The normalized spacial score (nSPS) is 18.7. The van der Waals surface area contributed by atoms with Gasteiger partial charge in [-0.2, -0.15) is 5.26 Å². The minimum atomic E-state index is -3.01. The highest BCUT2D eigenvalue weighted by Crippen LogP contribution is 2.29. The van der Waals surface area contributed by atoms with Crippen molar-refractivity contribution in [3.63, 3.8) is 0 Å². The number of nitriles is 1. The Morgan fingerprint density at radius 3 is 2.56 bits per heavy atom. The van der Waals surface area contributed by atoms with Crippen molar-refractivity contribution in [3.8, 4) is 17.3 Å². The summed E-state index contributed by atoms with van der Waals surface area (Å²) in [6.07, 6.45) is 2.38. The number of nitrogens with zero attached hydrogens (tertiary/aromatic N) is 3. The summed E-state index contributed by atoms with van der Waals surface area (Å²) < 4.78 is 23.4. The number of hydrogen-bond acceptors (Lipinski definition) is 7. The number of hydrogen-bond donors (Lipinski definition) is 1. The van der Waals surface area contributed by atoms with E-state index in [2.05, 4.69) is 21.4 Å². The first kappa shape index (κ1) is 17.7. The number of benzene rings is 1. The summed E-state index contributed by atoms with van der Waals surface area (Å²) in [5.41, 5.74) is 2.86. The summed E-state index contributed by atoms with van der Waals surface area (Å²) in [5, 5.41) is 13.3. The fourth-order valence-corrected chi connectivity index (χ4v) is 4.80. The van der Waals surface area contributed by atoms with Crippen LogP contribution in [0.15, 0.2) is 29.4 Å². The lowest BCUT2D eigenvalue weighted by Gasteiger charge is -2.15. The maximum atomic E-state index is 11.7. The second kappa shape index (κ2) is 7.02. The van der Waals surface area contributed by atoms with Gasteiger partial charge in [0.25, 0.3) is 0 Å². The highest BCUT2D eigenvalue weighted by molar-refractivity contribution is 7.98. The predicted octanol–water partition coefficient (Wildman–Crippen LogP) is 2.64. The first-order valence-electron chi connectivity index (χ1n) is 7.82. The molecule has 0 aliphatic carbocycles. The summed E-state index contributed by atoms with van der Waals surface area (Å²) in [4.78, 5) is 8.90. The summed E-state index contributed by atoms with van der Waals surface area (Å²) in [7, 11) is -3.01. The third kappa shape index (κ3) is 3.94. The topological polar surface area (TPSA) is 95.7 Å². The van der Waals surface area contributed by atoms with E-state index in [-0.39, 0.29) is 17.5 Å². The molecule has 1 aromatic heterocycles. The Hall–Kier alpha value is -2.11. The maximum absolute atomic E-state index is 11.7. The van der Waals surface area contributed by atoms with Gasteiger partial charge in [0.2, 0.25) is 0 Å². The van der Waals surface area contributed by atoms with Crippen LogP contribution in [0.4, 0.5) is 5.82 Å². The van der Waals surface area contributed by atoms with Crippen LogP contribution in [0.25, 0.3) is 11.3 Å². The highest BCUT2D eigenvalue weighted by Gasteiger charge is 2.29. The van der Waals surface area contributed by atoms with Crippen LogP contribution in [0.2, 0.25) is 0 Å². The zero-order valence-corrected chi connectivity index (χ0v) is 15.6. The van der Waals surface area contributed by atoms with E-state index in [1.54, 1.807) is 0 Å². The molecule has 1 N–H and O–H groups in total. The number of nitrogens with one attached hydrogen (secondary N) is 1. The maximum Gasteiger partial charge on any atom is 0.189 e. The van der Waals surface area contributed by atoms with Gasteiger partial charge in [-0.25, -0.2) is 18.4 Å². The molecule has 1 saturated heterocycles. The Bertz CT molecular complexity index is 934. The number of sulfone groups is 1. The molecule has 2 aromatic rings. The molecule has 25 heavy (non-hydrogen) atoms. The molecule has 0 amide bonds. The fraction of sp³-hybridized carbons (Fsp3) is 0.353. The molecule has 0 radical (unpaired) electrons. The summed E-state index contributed by atoms with van der Waals surface area (Å²) in [5.74, 6) is 0.633. The van der Waals surface area contributed by atoms with E-state index in [4.69, 9.17) is 0 Å². The van der Waals surface area contributed by atoms with E-state index in [1.165, 1.54) is 11.8 Å². The molecule has 0 unspecified atom stereocenters. The van der Waals surface area contributed by atoms with Crippen LogP contribution in [0.1, 0.15) is 17.5 Å². The van der Waals surface area contributed by atoms with Crippen LogP contribution in [0.3, 0.4) is 0 Å². The van der Waals surface area contributed by atoms with E-state index in [9.17, 15) is 13.7 Å². The third-order valence-electron chi connectivity index (χ3n) is 4.08. The van der Waals surface area contributed by atoms with E-state index in [1.807, 2.05) is 37.4 Å². The van der Waals surface area contributed by atoms with Crippen LogP contribution >= 0.6 is 11.8 Å². The van der Waals surface area contributed by atoms with Gasteiger partial charge in [-0.1, -0.05) is 41.6 Å². The Labute approximate surface area is 151 Å². The van der Waals surface area contributed by atoms with Crippen LogP contribution in [0, 0.1) is 18.3 Å². The van der Waals surface area contributed by atoms with Crippen LogP contribution in [-0.2, 0) is 9.84 Å². The van der Waals surface area contributed by atoms with Gasteiger partial charge in [0.15, 0.2) is 15.0 Å². The zero-order valence-electron chi connectivity index (χ0n) is 14.0. The first-order chi connectivity index (χ1) is 11.9. The molecule has 1 aliphatic rings. The molecule has 0 spiro atoms. The second-order valence-electron chi connectivity index (χ2n) is 6.00. The largest absolute Gasteiger partial charge is 0.365 e. The molecule has 0 saturated carbocycles. The number of aryl methyl sites for hydroxylation is 1. The van der Waals surface area contributed by atoms with Crippen molar-refractivity contribution < 1.29 is 8.42 Å². The molecule has 2 heterocycles. The molecular formula is C17H18N4O2S2. The van der Waals surface area contributed by atoms with Crippen LogP contribution in [0.5, 0.6) is 0 Å². The molecule has 0 bridgehead atoms. The number of rotatable bonds is 4. The molecule has 1 atom stereocenters. The SMILES string of the molecule is CSc1nc(N[C@H]2CCS(=O)(=O)C2)c(C#N)c(-c2ccc(C)cc2)n1. The van der Waals surface area contributed by atoms with Crippen LogP contribution < -0.4 is 5.32 Å². The van der Waals surface area contributed by atoms with Gasteiger partial charge >= 0.3 is 0 Å². The molecular weight excluding hydrogens is 356 g/mol. The van der Waals surface area contributed by atoms with E-state index >= 15 is 0 Å². The smallest absolute Gasteiger partial charge is 0.189 e. The van der Waals surface area contributed by atoms with E-state index in [0.29, 0.717) is 28.7 Å². The van der Waals surface area contributed by atoms with Gasteiger partial charge < -0.3 is 5.32 Å². The van der Waals surface area contributed by atoms with Crippen molar-refractivity contribution in [2.75, 3.05) is 23.1 Å². The highest BCUT2D eigenvalue weighted by atomic mass is 32.2. The van der Waals surface area contributed by atoms with E-state index in [0.717, 1.165) is 11.1 Å². The summed E-state index contributed by atoms with van der Waals surface area (Å²) in [6, 6.07) is 9.73. The average molecular weight is 374 g/mol. The minimum Gasteiger partial charge on any atom is -0.365 e. The molecule has 6 nitrogen and oxygen atoms in total. The lowest BCUT2D eigenvalue weighted by Crippen LogP contribution is -2.22. The van der Waals surface area contributed by atoms with Crippen molar-refractivity contribution in [3.05, 3.63) is 35.4 Å². The quantitative estimate of drug-likeness (QED) is 0.649. The Balaban J connectivity index is 2.04. The van der Waals surface area contributed by atoms with Gasteiger partial charge in [0.1, 0.15) is 17.5 Å². The lowest BCUT2D eigenvalue weighted by molar-refractivity contribution is 0.602. The Kier molecular flexibility index (Phi) is 4.97. The van der Waals surface area contributed by atoms with Crippen molar-refractivity contribution in [1.29, 1.82) is 5.26 Å². The fourth-order valence-electron chi connectivity index (χ4n) is 2.76. The molecule has 1 aliphatic heterocycles. The first-order valence-corrected chi connectivity index (χ1v) is 10.9. The van der Waals surface area contributed by atoms with Crippen molar-refractivity contribution >= 4 is 27.4 Å². The molecule has 8 heteroatoms. The predicted molar refractivity (Wildman–Crippen MR) is 99.4 cm³/mol. The lowest BCUT2D eigenvalue weighted by atomic mass is 10.1. The standard InChI is InChI=1S/C17H18N4O2S2/c1-11-3-5-12(6-4-11)15-14(9-18)16(21-17(20-15)24-2)19-13-7-8-25(22,23)10-13/h3-6,13H,7-8,10H2,1-2H3,(H,19,20,21)/t13-/m0/s1. The van der Waals surface area contributed by atoms with E-state index < -0.39 is 9.84 Å². The average Bonchev–Trinajstić information content (AvgIpc) is 2.93. The number of thioether (sulfide) groups is 1. The minimum absolute atomic E-state index is 0.0658. The monoisotopic (exact) mass is 374 g/mol. The molecule has 1 aromatic carbocycles. The number of aromatic nitrogens is 2. The number of anilines is 1. The summed E-state index contributed by atoms with van der Waals surface area (Å²) in [6.45, 7) is 2.00. The molecule has 1 fully saturated rings. The molecule has 3 rings (SSSR count). The second-order valence-corrected chi connectivity index (χ2v) is 9.01. The van der Waals surface area contributed by atoms with Gasteiger partial charge in [-0.05, 0) is 19.6 Å². The van der Waals surface area contributed by atoms with Gasteiger partial charge in [0.05, 0.1) is 17.2 Å². The van der Waals surface area contributed by atoms with Crippen molar-refractivity contribution in [2.24, 2.45) is 0 Å². The Morgan fingerprint density at radius 2 is 2.00 bits per heavy atom. The van der Waals surface area contributed by atoms with Crippen LogP contribution in [-0.4, -0.2) is 42.2 Å². The zero-order chi connectivity index (χ0) is 18.0. The molecule has 130 valence electrons. The summed E-state index contributed by atoms with van der Waals surface area (Å²) >= 11 is 1.38. The van der Waals surface area contributed by atoms with Crippen molar-refractivity contribution in [2.45, 2.75) is 24.5 Å².